The first-order chi connectivity index (χ1) is 22.8. The number of rotatable bonds is 9. The first-order valence-electron chi connectivity index (χ1n) is 14.8. The number of esters is 1. The monoisotopic (exact) mass is 625 g/mol. The van der Waals surface area contributed by atoms with Crippen LogP contribution in [0.2, 0.25) is 0 Å². The summed E-state index contributed by atoms with van der Waals surface area (Å²) in [5.74, 6) is 0.177. The highest BCUT2D eigenvalue weighted by Crippen LogP contribution is 2.32. The normalized spacial score (nSPS) is 10.9. The molecule has 11 heteroatoms. The average molecular weight is 626 g/mol. The van der Waals surface area contributed by atoms with Gasteiger partial charge in [-0.1, -0.05) is 36.4 Å². The van der Waals surface area contributed by atoms with Gasteiger partial charge in [-0.3, -0.25) is 19.0 Å². The first-order valence-corrected chi connectivity index (χ1v) is 14.8. The van der Waals surface area contributed by atoms with Crippen molar-refractivity contribution in [1.29, 1.82) is 0 Å². The smallest absolute Gasteiger partial charge is 0.309 e. The number of imidazole rings is 1. The summed E-state index contributed by atoms with van der Waals surface area (Å²) in [4.78, 5) is 49.9. The number of hydrogen-bond acceptors (Lipinski definition) is 8. The van der Waals surface area contributed by atoms with Gasteiger partial charge in [-0.15, -0.1) is 0 Å². The molecular formula is C36H31N7O4. The number of benzene rings is 3. The van der Waals surface area contributed by atoms with Crippen LogP contribution >= 0.6 is 0 Å². The Balaban J connectivity index is 1.28. The van der Waals surface area contributed by atoms with Crippen LogP contribution in [0.5, 0.6) is 0 Å². The summed E-state index contributed by atoms with van der Waals surface area (Å²) < 4.78 is 6.66. The van der Waals surface area contributed by atoms with Gasteiger partial charge in [0.2, 0.25) is 5.91 Å². The van der Waals surface area contributed by atoms with Gasteiger partial charge in [0.25, 0.3) is 5.91 Å². The molecule has 0 aliphatic carbocycles. The molecule has 11 nitrogen and oxygen atoms in total. The molecule has 3 aromatic carbocycles. The van der Waals surface area contributed by atoms with Gasteiger partial charge in [0.1, 0.15) is 11.3 Å². The van der Waals surface area contributed by atoms with E-state index in [9.17, 15) is 14.4 Å². The lowest BCUT2D eigenvalue weighted by molar-refractivity contribution is -0.139. The predicted molar refractivity (Wildman–Crippen MR) is 180 cm³/mol. The fourth-order valence-electron chi connectivity index (χ4n) is 5.21. The number of fused-ring (bicyclic) bond motifs is 1. The van der Waals surface area contributed by atoms with Crippen LogP contribution in [-0.4, -0.2) is 44.4 Å². The van der Waals surface area contributed by atoms with Crippen LogP contribution in [0.15, 0.2) is 103 Å². The first kappa shape index (κ1) is 30.7. The maximum absolute atomic E-state index is 12.9. The van der Waals surface area contributed by atoms with E-state index in [0.29, 0.717) is 51.7 Å². The van der Waals surface area contributed by atoms with E-state index in [1.165, 1.54) is 14.0 Å². The lowest BCUT2D eigenvalue weighted by Crippen LogP contribution is -2.23. The molecule has 3 aromatic heterocycles. The third-order valence-electron chi connectivity index (χ3n) is 7.53. The number of methoxy groups -OCH3 is 1. The molecule has 2 amide bonds. The van der Waals surface area contributed by atoms with Crippen molar-refractivity contribution in [3.8, 4) is 28.2 Å². The van der Waals surface area contributed by atoms with Crippen LogP contribution in [0.1, 0.15) is 28.4 Å². The zero-order chi connectivity index (χ0) is 32.9. The van der Waals surface area contributed by atoms with Crippen LogP contribution in [0.4, 0.5) is 11.5 Å². The van der Waals surface area contributed by atoms with E-state index in [4.69, 9.17) is 20.4 Å². The molecular weight excluding hydrogens is 594 g/mol. The van der Waals surface area contributed by atoms with Crippen molar-refractivity contribution >= 4 is 40.5 Å². The third kappa shape index (κ3) is 6.84. The van der Waals surface area contributed by atoms with Gasteiger partial charge in [-0.2, -0.15) is 0 Å². The van der Waals surface area contributed by atoms with E-state index in [0.717, 1.165) is 22.4 Å². The maximum atomic E-state index is 12.9. The maximum Gasteiger partial charge on any atom is 0.309 e. The average Bonchev–Trinajstić information content (AvgIpc) is 3.46. The number of aromatic nitrogens is 4. The van der Waals surface area contributed by atoms with Gasteiger partial charge in [0, 0.05) is 48.4 Å². The molecule has 0 spiro atoms. The van der Waals surface area contributed by atoms with E-state index in [1.807, 2.05) is 71.3 Å². The second-order valence-electron chi connectivity index (χ2n) is 10.8. The SMILES string of the molecule is COC(=O)Cc1cccc(C(=O)NCc2ccc(-n3c(-c4cccnc4N)nc4cc(-c5ccc(NC(C)=O)cc5)cnc43)cc2)c1. The minimum absolute atomic E-state index is 0.0951. The molecule has 0 radical (unpaired) electrons. The van der Waals surface area contributed by atoms with Crippen molar-refractivity contribution in [2.24, 2.45) is 0 Å². The number of ether oxygens (including phenoxy) is 1. The number of anilines is 2. The number of nitrogen functional groups attached to an aromatic ring is 1. The molecule has 3 heterocycles. The quantitative estimate of drug-likeness (QED) is 0.182. The Bertz CT molecular complexity index is 2110. The van der Waals surface area contributed by atoms with Crippen molar-refractivity contribution in [2.45, 2.75) is 19.9 Å². The number of nitrogens with one attached hydrogen (secondary N) is 2. The molecule has 6 aromatic rings. The lowest BCUT2D eigenvalue weighted by Gasteiger charge is -2.12. The Morgan fingerprint density at radius 2 is 1.66 bits per heavy atom. The van der Waals surface area contributed by atoms with Crippen LogP contribution in [0.25, 0.3) is 39.4 Å². The van der Waals surface area contributed by atoms with Gasteiger partial charge in [0.05, 0.1) is 19.1 Å². The molecule has 0 aliphatic rings. The highest BCUT2D eigenvalue weighted by atomic mass is 16.5. The van der Waals surface area contributed by atoms with Crippen molar-refractivity contribution in [3.05, 3.63) is 120 Å². The summed E-state index contributed by atoms with van der Waals surface area (Å²) in [6.07, 6.45) is 3.51. The molecule has 4 N–H and O–H groups in total. The highest BCUT2D eigenvalue weighted by molar-refractivity contribution is 5.94. The van der Waals surface area contributed by atoms with Crippen LogP contribution < -0.4 is 16.4 Å². The van der Waals surface area contributed by atoms with Crippen molar-refractivity contribution in [1.82, 2.24) is 24.8 Å². The Morgan fingerprint density at radius 3 is 2.38 bits per heavy atom. The van der Waals surface area contributed by atoms with Gasteiger partial charge >= 0.3 is 5.97 Å². The number of amides is 2. The number of nitrogens with two attached hydrogens (primary N) is 1. The Kier molecular flexibility index (Phi) is 8.69. The lowest BCUT2D eigenvalue weighted by atomic mass is 10.1. The summed E-state index contributed by atoms with van der Waals surface area (Å²) in [7, 11) is 1.33. The Hall–Kier alpha value is -6.36. The summed E-state index contributed by atoms with van der Waals surface area (Å²) in [5, 5.41) is 5.72. The number of hydrogen-bond donors (Lipinski definition) is 3. The van der Waals surface area contributed by atoms with E-state index < -0.39 is 0 Å². The summed E-state index contributed by atoms with van der Waals surface area (Å²) in [5.41, 5.74) is 13.6. The van der Waals surface area contributed by atoms with Gasteiger partial charge < -0.3 is 21.1 Å². The molecule has 47 heavy (non-hydrogen) atoms. The van der Waals surface area contributed by atoms with Crippen molar-refractivity contribution < 1.29 is 19.1 Å². The number of pyridine rings is 2. The fraction of sp³-hybridized carbons (Fsp3) is 0.111. The molecule has 0 fully saturated rings. The number of carbonyl (C=O) groups is 3. The Labute approximate surface area is 270 Å². The third-order valence-corrected chi connectivity index (χ3v) is 7.53. The van der Waals surface area contributed by atoms with E-state index in [2.05, 4.69) is 15.6 Å². The molecule has 6 rings (SSSR count). The molecule has 0 aliphatic heterocycles. The number of carbonyl (C=O) groups excluding carboxylic acids is 3. The molecule has 0 saturated heterocycles. The predicted octanol–water partition coefficient (Wildman–Crippen LogP) is 5.34. The van der Waals surface area contributed by atoms with Gasteiger partial charge in [-0.25, -0.2) is 15.0 Å². The zero-order valence-corrected chi connectivity index (χ0v) is 25.7. The summed E-state index contributed by atoms with van der Waals surface area (Å²) in [6.45, 7) is 1.77. The highest BCUT2D eigenvalue weighted by Gasteiger charge is 2.19. The van der Waals surface area contributed by atoms with Crippen molar-refractivity contribution in [2.75, 3.05) is 18.2 Å². The molecule has 0 atom stereocenters. The summed E-state index contributed by atoms with van der Waals surface area (Å²) >= 11 is 0. The van der Waals surface area contributed by atoms with Crippen molar-refractivity contribution in [3.63, 3.8) is 0 Å². The molecule has 234 valence electrons. The summed E-state index contributed by atoms with van der Waals surface area (Å²) in [6, 6.07) is 27.8. The molecule has 0 bridgehead atoms. The van der Waals surface area contributed by atoms with E-state index in [-0.39, 0.29) is 24.2 Å². The van der Waals surface area contributed by atoms with Crippen LogP contribution in [-0.2, 0) is 27.3 Å². The fourth-order valence-corrected chi connectivity index (χ4v) is 5.21. The molecule has 0 unspecified atom stereocenters. The topological polar surface area (TPSA) is 154 Å². The van der Waals surface area contributed by atoms with Crippen LogP contribution in [0, 0.1) is 0 Å². The van der Waals surface area contributed by atoms with Crippen LogP contribution in [0.3, 0.4) is 0 Å². The molecule has 0 saturated carbocycles. The minimum atomic E-state index is -0.368. The number of nitrogens with zero attached hydrogens (tertiary/aromatic N) is 4. The van der Waals surface area contributed by atoms with Gasteiger partial charge in [-0.05, 0) is 71.3 Å². The van der Waals surface area contributed by atoms with E-state index in [1.54, 1.807) is 36.7 Å². The second-order valence-corrected chi connectivity index (χ2v) is 10.8. The van der Waals surface area contributed by atoms with Gasteiger partial charge in [0.15, 0.2) is 11.5 Å². The second kappa shape index (κ2) is 13.3. The minimum Gasteiger partial charge on any atom is -0.469 e. The standard InChI is InChI=1S/C36H31N7O4/c1-22(44)41-28-12-10-25(11-13-28)27-19-31-35(39-21-27)43(34(42-31)30-7-4-16-38-33(30)37)29-14-8-23(9-15-29)20-40-36(46)26-6-3-5-24(17-26)18-32(45)47-2/h3-17,19,21H,18,20H2,1-2H3,(H2,37,38)(H,40,46)(H,41,44). The largest absolute Gasteiger partial charge is 0.469 e. The zero-order valence-electron chi connectivity index (χ0n) is 25.7. The Morgan fingerprint density at radius 1 is 0.872 bits per heavy atom. The van der Waals surface area contributed by atoms with E-state index >= 15 is 0 Å².